The van der Waals surface area contributed by atoms with Crippen LogP contribution in [0.5, 0.6) is 5.75 Å². The molecule has 28 heavy (non-hydrogen) atoms. The van der Waals surface area contributed by atoms with E-state index in [1.807, 2.05) is 66.7 Å². The van der Waals surface area contributed by atoms with E-state index >= 15 is 0 Å². The van der Waals surface area contributed by atoms with Crippen molar-refractivity contribution in [2.24, 2.45) is 0 Å². The van der Waals surface area contributed by atoms with Gasteiger partial charge in [0.2, 0.25) is 0 Å². The summed E-state index contributed by atoms with van der Waals surface area (Å²) in [5, 5.41) is 19.1. The van der Waals surface area contributed by atoms with Crippen LogP contribution in [-0.2, 0) is 11.2 Å². The Morgan fingerprint density at radius 2 is 1.61 bits per heavy atom. The molecule has 1 aromatic heterocycles. The topological polar surface area (TPSA) is 60.2 Å². The maximum Gasteiger partial charge on any atom is 0.143 e. The van der Waals surface area contributed by atoms with E-state index < -0.39 is 0 Å². The van der Waals surface area contributed by atoms with Crippen LogP contribution in [0.2, 0.25) is 0 Å². The largest absolute Gasteiger partial charge is 0.506 e. The molecule has 0 unspecified atom stereocenters. The lowest BCUT2D eigenvalue weighted by atomic mass is 10.1. The fourth-order valence-corrected chi connectivity index (χ4v) is 2.94. The summed E-state index contributed by atoms with van der Waals surface area (Å²) in [5.74, 6) is 0.149. The first-order chi connectivity index (χ1) is 13.8. The monoisotopic (exact) mass is 371 g/mol. The van der Waals surface area contributed by atoms with Crippen LogP contribution in [0.25, 0.3) is 22.8 Å². The Balaban J connectivity index is 1.36. The van der Waals surface area contributed by atoms with Crippen molar-refractivity contribution in [2.75, 3.05) is 13.2 Å². The minimum Gasteiger partial charge on any atom is -0.506 e. The van der Waals surface area contributed by atoms with Crippen molar-refractivity contribution >= 4 is 17.1 Å². The first-order valence-electron chi connectivity index (χ1n) is 9.23. The zero-order valence-corrected chi connectivity index (χ0v) is 15.4. The summed E-state index contributed by atoms with van der Waals surface area (Å²) >= 11 is 0. The predicted octanol–water partition coefficient (Wildman–Crippen LogP) is 4.40. The van der Waals surface area contributed by atoms with Crippen LogP contribution in [0.1, 0.15) is 11.1 Å². The van der Waals surface area contributed by atoms with Gasteiger partial charge in [0.05, 0.1) is 13.2 Å². The summed E-state index contributed by atoms with van der Waals surface area (Å²) in [6.45, 7) is 1.16. The number of aromatic nitrogens is 3. The molecule has 0 saturated heterocycles. The molecule has 4 rings (SSSR count). The maximum atomic E-state index is 10.2. The lowest BCUT2D eigenvalue weighted by Crippen LogP contribution is -2.02. The van der Waals surface area contributed by atoms with Gasteiger partial charge in [-0.2, -0.15) is 0 Å². The van der Waals surface area contributed by atoms with Crippen LogP contribution in [0.15, 0.2) is 78.9 Å². The second kappa shape index (κ2) is 8.50. The molecule has 0 spiro atoms. The number of hydrogen-bond donors (Lipinski definition) is 1. The summed E-state index contributed by atoms with van der Waals surface area (Å²) in [7, 11) is 0. The molecule has 0 aliphatic carbocycles. The Labute approximate surface area is 163 Å². The van der Waals surface area contributed by atoms with Gasteiger partial charge in [-0.05, 0) is 41.8 Å². The fourth-order valence-electron chi connectivity index (χ4n) is 2.94. The van der Waals surface area contributed by atoms with E-state index in [-0.39, 0.29) is 5.75 Å². The van der Waals surface area contributed by atoms with E-state index in [2.05, 4.69) is 22.3 Å². The summed E-state index contributed by atoms with van der Waals surface area (Å²) in [5.41, 5.74) is 4.37. The smallest absolute Gasteiger partial charge is 0.143 e. The lowest BCUT2D eigenvalue weighted by Gasteiger charge is -2.07. The molecule has 1 heterocycles. The van der Waals surface area contributed by atoms with Crippen LogP contribution in [0.3, 0.4) is 0 Å². The highest BCUT2D eigenvalue weighted by Gasteiger charge is 2.09. The third kappa shape index (κ3) is 4.27. The molecule has 5 nitrogen and oxygen atoms in total. The number of phenolic OH excluding ortho intramolecular Hbond substituents is 1. The van der Waals surface area contributed by atoms with Crippen LogP contribution in [0, 0.1) is 0 Å². The number of benzene rings is 3. The average Bonchev–Trinajstić information content (AvgIpc) is 3.16. The van der Waals surface area contributed by atoms with Crippen molar-refractivity contribution in [3.05, 3.63) is 90.0 Å². The summed E-state index contributed by atoms with van der Waals surface area (Å²) < 4.78 is 5.70. The molecule has 1 N–H and O–H groups in total. The van der Waals surface area contributed by atoms with Crippen LogP contribution >= 0.6 is 0 Å². The quantitative estimate of drug-likeness (QED) is 0.489. The Kier molecular flexibility index (Phi) is 5.45. The average molecular weight is 371 g/mol. The van der Waals surface area contributed by atoms with E-state index in [1.54, 1.807) is 6.07 Å². The van der Waals surface area contributed by atoms with Gasteiger partial charge in [-0.25, -0.2) is 0 Å². The standard InChI is InChI=1S/C23H21N3O2/c27-23-13-12-19(14-16-28-15-6-9-18-7-2-1-3-8-18)17-22(23)26-24-20-10-4-5-11-21(20)25-26/h1-13,17,27H,14-16H2/b9-6+. The Bertz CT molecular complexity index is 1050. The molecule has 0 amide bonds. The number of phenols is 1. The minimum atomic E-state index is 0.149. The number of ether oxygens (including phenoxy) is 1. The van der Waals surface area contributed by atoms with E-state index in [0.717, 1.165) is 28.6 Å². The molecule has 0 radical (unpaired) electrons. The number of rotatable bonds is 7. The van der Waals surface area contributed by atoms with E-state index in [1.165, 1.54) is 4.80 Å². The number of fused-ring (bicyclic) bond motifs is 1. The van der Waals surface area contributed by atoms with Crippen LogP contribution < -0.4 is 0 Å². The highest BCUT2D eigenvalue weighted by atomic mass is 16.5. The second-order valence-corrected chi connectivity index (χ2v) is 6.44. The lowest BCUT2D eigenvalue weighted by molar-refractivity contribution is 0.166. The van der Waals surface area contributed by atoms with E-state index in [9.17, 15) is 5.11 Å². The maximum absolute atomic E-state index is 10.2. The molecule has 0 fully saturated rings. The number of hydrogen-bond acceptors (Lipinski definition) is 4. The van der Waals surface area contributed by atoms with Gasteiger partial charge in [-0.3, -0.25) is 0 Å². The number of aromatic hydroxyl groups is 1. The van der Waals surface area contributed by atoms with Crippen molar-refractivity contribution in [1.82, 2.24) is 15.0 Å². The molecule has 3 aromatic carbocycles. The van der Waals surface area contributed by atoms with Gasteiger partial charge < -0.3 is 9.84 Å². The molecule has 0 bridgehead atoms. The normalized spacial score (nSPS) is 11.4. The van der Waals surface area contributed by atoms with Crippen molar-refractivity contribution in [1.29, 1.82) is 0 Å². The molecule has 140 valence electrons. The van der Waals surface area contributed by atoms with Crippen molar-refractivity contribution < 1.29 is 9.84 Å². The molecular formula is C23H21N3O2. The molecule has 4 aromatic rings. The Hall–Kier alpha value is -3.44. The van der Waals surface area contributed by atoms with Gasteiger partial charge in [-0.15, -0.1) is 15.0 Å². The van der Waals surface area contributed by atoms with Crippen LogP contribution in [-0.4, -0.2) is 33.3 Å². The summed E-state index contributed by atoms with van der Waals surface area (Å²) in [4.78, 5) is 1.48. The van der Waals surface area contributed by atoms with Gasteiger partial charge in [0, 0.05) is 0 Å². The Morgan fingerprint density at radius 3 is 2.36 bits per heavy atom. The molecule has 5 heteroatoms. The second-order valence-electron chi connectivity index (χ2n) is 6.44. The molecule has 0 atom stereocenters. The summed E-state index contributed by atoms with van der Waals surface area (Å²) in [6, 6.07) is 23.2. The number of nitrogens with zero attached hydrogens (tertiary/aromatic N) is 3. The Morgan fingerprint density at radius 1 is 0.893 bits per heavy atom. The highest BCUT2D eigenvalue weighted by Crippen LogP contribution is 2.23. The zero-order valence-electron chi connectivity index (χ0n) is 15.4. The molecule has 0 aliphatic rings. The third-order valence-electron chi connectivity index (χ3n) is 4.40. The zero-order chi connectivity index (χ0) is 19.2. The van der Waals surface area contributed by atoms with Gasteiger partial charge in [-0.1, -0.05) is 60.7 Å². The molecular weight excluding hydrogens is 350 g/mol. The predicted molar refractivity (Wildman–Crippen MR) is 111 cm³/mol. The minimum absolute atomic E-state index is 0.149. The van der Waals surface area contributed by atoms with Gasteiger partial charge >= 0.3 is 0 Å². The first kappa shape index (κ1) is 17.9. The van der Waals surface area contributed by atoms with Crippen molar-refractivity contribution in [3.8, 4) is 11.4 Å². The van der Waals surface area contributed by atoms with Crippen molar-refractivity contribution in [2.45, 2.75) is 6.42 Å². The van der Waals surface area contributed by atoms with Gasteiger partial charge in [0.1, 0.15) is 22.5 Å². The first-order valence-corrected chi connectivity index (χ1v) is 9.23. The van der Waals surface area contributed by atoms with E-state index in [4.69, 9.17) is 4.74 Å². The molecule has 0 aliphatic heterocycles. The van der Waals surface area contributed by atoms with Crippen LogP contribution in [0.4, 0.5) is 0 Å². The van der Waals surface area contributed by atoms with Gasteiger partial charge in [0.25, 0.3) is 0 Å². The van der Waals surface area contributed by atoms with E-state index in [0.29, 0.717) is 18.9 Å². The SMILES string of the molecule is Oc1ccc(CCOC/C=C/c2ccccc2)cc1-n1nc2ccccc2n1. The van der Waals surface area contributed by atoms with Crippen molar-refractivity contribution in [3.63, 3.8) is 0 Å². The van der Waals surface area contributed by atoms with Gasteiger partial charge in [0.15, 0.2) is 0 Å². The highest BCUT2D eigenvalue weighted by molar-refractivity contribution is 5.73. The molecule has 0 saturated carbocycles. The fraction of sp³-hybridized carbons (Fsp3) is 0.130. The third-order valence-corrected chi connectivity index (χ3v) is 4.40. The summed E-state index contributed by atoms with van der Waals surface area (Å²) in [6.07, 6.45) is 4.80.